The zero-order valence-electron chi connectivity index (χ0n) is 21.0. The van der Waals surface area contributed by atoms with E-state index in [1.165, 1.54) is 23.5 Å². The first-order chi connectivity index (χ1) is 17.7. The van der Waals surface area contributed by atoms with Crippen LogP contribution in [-0.2, 0) is 30.7 Å². The molecule has 1 amide bonds. The lowest BCUT2D eigenvalue weighted by Gasteiger charge is -2.30. The van der Waals surface area contributed by atoms with Gasteiger partial charge in [0, 0.05) is 19.5 Å². The number of unbranched alkanes of at least 4 members (excludes halogenated alkanes) is 1. The Morgan fingerprint density at radius 3 is 2.49 bits per heavy atom. The number of cyclic esters (lactones) is 1. The lowest BCUT2D eigenvalue weighted by Crippen LogP contribution is -2.51. The highest BCUT2D eigenvalue weighted by molar-refractivity contribution is 7.89. The maximum Gasteiger partial charge on any atom is 0.408 e. The highest BCUT2D eigenvalue weighted by atomic mass is 32.2. The number of hydrogen-bond acceptors (Lipinski definition) is 8. The summed E-state index contributed by atoms with van der Waals surface area (Å²) in [6, 6.07) is 14.3. The molecule has 1 fully saturated rings. The van der Waals surface area contributed by atoms with Crippen molar-refractivity contribution >= 4 is 22.1 Å². The van der Waals surface area contributed by atoms with Crippen LogP contribution in [0.3, 0.4) is 0 Å². The molecule has 2 aromatic carbocycles. The van der Waals surface area contributed by atoms with Gasteiger partial charge in [-0.3, -0.25) is 0 Å². The third-order valence-electron chi connectivity index (χ3n) is 6.05. The van der Waals surface area contributed by atoms with Gasteiger partial charge in [0.25, 0.3) is 0 Å². The van der Waals surface area contributed by atoms with Crippen LogP contribution < -0.4 is 10.1 Å². The van der Waals surface area contributed by atoms with Gasteiger partial charge in [-0.05, 0) is 42.7 Å². The molecule has 0 aromatic heterocycles. The summed E-state index contributed by atoms with van der Waals surface area (Å²) in [5.41, 5.74) is 0.824. The SMILES string of the molecule is CCCCN(C[C@@H](O)[C@H](Cc1ccccc1)NC(=O)O[C@@H]1CCOC1=O)S(=O)(=O)c1ccc(OC)cc1. The molecule has 1 saturated heterocycles. The Morgan fingerprint density at radius 1 is 1.19 bits per heavy atom. The Kier molecular flexibility index (Phi) is 10.3. The van der Waals surface area contributed by atoms with Crippen molar-refractivity contribution in [1.29, 1.82) is 0 Å². The van der Waals surface area contributed by atoms with E-state index in [1.807, 2.05) is 37.3 Å². The maximum atomic E-state index is 13.5. The van der Waals surface area contributed by atoms with E-state index < -0.39 is 40.3 Å². The number of ether oxygens (including phenoxy) is 3. The van der Waals surface area contributed by atoms with Crippen LogP contribution >= 0.6 is 0 Å². The van der Waals surface area contributed by atoms with E-state index in [4.69, 9.17) is 14.2 Å². The number of nitrogens with zero attached hydrogens (tertiary/aromatic N) is 1. The van der Waals surface area contributed by atoms with Gasteiger partial charge in [-0.15, -0.1) is 0 Å². The molecule has 11 heteroatoms. The van der Waals surface area contributed by atoms with Crippen molar-refractivity contribution in [2.75, 3.05) is 26.8 Å². The van der Waals surface area contributed by atoms with Crippen molar-refractivity contribution in [2.24, 2.45) is 0 Å². The minimum absolute atomic E-state index is 0.0725. The van der Waals surface area contributed by atoms with Crippen LogP contribution in [0.5, 0.6) is 5.75 Å². The molecule has 0 radical (unpaired) electrons. The van der Waals surface area contributed by atoms with Gasteiger partial charge < -0.3 is 24.6 Å². The van der Waals surface area contributed by atoms with Crippen molar-refractivity contribution < 1.29 is 37.3 Å². The lowest BCUT2D eigenvalue weighted by atomic mass is 10.0. The second-order valence-electron chi connectivity index (χ2n) is 8.75. The second-order valence-corrected chi connectivity index (χ2v) is 10.7. The number of amides is 1. The van der Waals surface area contributed by atoms with E-state index in [9.17, 15) is 23.1 Å². The van der Waals surface area contributed by atoms with Crippen LogP contribution in [0.25, 0.3) is 0 Å². The van der Waals surface area contributed by atoms with Gasteiger partial charge in [0.1, 0.15) is 5.75 Å². The molecule has 10 nitrogen and oxygen atoms in total. The molecule has 1 heterocycles. The number of alkyl carbamates (subject to hydrolysis) is 1. The van der Waals surface area contributed by atoms with Gasteiger partial charge in [-0.2, -0.15) is 4.31 Å². The third kappa shape index (κ3) is 7.91. The van der Waals surface area contributed by atoms with E-state index in [0.29, 0.717) is 12.2 Å². The summed E-state index contributed by atoms with van der Waals surface area (Å²) in [5, 5.41) is 13.8. The fourth-order valence-electron chi connectivity index (χ4n) is 3.93. The molecule has 0 bridgehead atoms. The minimum atomic E-state index is -3.94. The minimum Gasteiger partial charge on any atom is -0.497 e. The van der Waals surface area contributed by atoms with E-state index in [-0.39, 0.29) is 37.4 Å². The molecule has 0 spiro atoms. The number of esters is 1. The van der Waals surface area contributed by atoms with Crippen LogP contribution in [0.1, 0.15) is 31.7 Å². The molecule has 1 aliphatic rings. The first-order valence-corrected chi connectivity index (χ1v) is 13.7. The van der Waals surface area contributed by atoms with Gasteiger partial charge in [-0.25, -0.2) is 18.0 Å². The first-order valence-electron chi connectivity index (χ1n) is 12.2. The predicted molar refractivity (Wildman–Crippen MR) is 136 cm³/mol. The quantitative estimate of drug-likeness (QED) is 0.375. The van der Waals surface area contributed by atoms with Gasteiger partial charge in [0.05, 0.1) is 30.8 Å². The summed E-state index contributed by atoms with van der Waals surface area (Å²) in [6.45, 7) is 2.05. The third-order valence-corrected chi connectivity index (χ3v) is 7.93. The summed E-state index contributed by atoms with van der Waals surface area (Å²) in [6.07, 6.45) is -1.36. The van der Waals surface area contributed by atoms with Gasteiger partial charge >= 0.3 is 12.1 Å². The Balaban J connectivity index is 1.80. The topological polar surface area (TPSA) is 131 Å². The highest BCUT2D eigenvalue weighted by Crippen LogP contribution is 2.21. The summed E-state index contributed by atoms with van der Waals surface area (Å²) in [4.78, 5) is 24.4. The van der Waals surface area contributed by atoms with E-state index in [1.54, 1.807) is 12.1 Å². The van der Waals surface area contributed by atoms with Crippen LogP contribution in [0.15, 0.2) is 59.5 Å². The zero-order valence-corrected chi connectivity index (χ0v) is 21.9. The summed E-state index contributed by atoms with van der Waals surface area (Å²) >= 11 is 0. The Labute approximate surface area is 217 Å². The molecule has 3 atom stereocenters. The first kappa shape index (κ1) is 28.4. The Hall–Kier alpha value is -3.15. The molecular weight excluding hydrogens is 500 g/mol. The van der Waals surface area contributed by atoms with Crippen molar-refractivity contribution in [1.82, 2.24) is 9.62 Å². The molecule has 3 rings (SSSR count). The number of aliphatic hydroxyl groups is 1. The monoisotopic (exact) mass is 534 g/mol. The Morgan fingerprint density at radius 2 is 1.89 bits per heavy atom. The molecule has 0 aliphatic carbocycles. The molecule has 202 valence electrons. The molecule has 1 aliphatic heterocycles. The number of carbonyl (C=O) groups is 2. The van der Waals surface area contributed by atoms with Crippen LogP contribution in [-0.4, -0.2) is 74.9 Å². The number of rotatable bonds is 13. The number of carbonyl (C=O) groups excluding carboxylic acids is 2. The highest BCUT2D eigenvalue weighted by Gasteiger charge is 2.33. The summed E-state index contributed by atoms with van der Waals surface area (Å²) < 4.78 is 43.3. The average molecular weight is 535 g/mol. The van der Waals surface area contributed by atoms with Gasteiger partial charge in [0.2, 0.25) is 16.1 Å². The summed E-state index contributed by atoms with van der Waals surface area (Å²) in [7, 11) is -2.45. The molecule has 0 saturated carbocycles. The molecule has 37 heavy (non-hydrogen) atoms. The zero-order chi connectivity index (χ0) is 26.8. The smallest absolute Gasteiger partial charge is 0.408 e. The Bertz CT molecular complexity index is 1130. The average Bonchev–Trinajstić information content (AvgIpc) is 3.30. The van der Waals surface area contributed by atoms with Crippen LogP contribution in [0, 0.1) is 0 Å². The van der Waals surface area contributed by atoms with Crippen molar-refractivity contribution in [2.45, 2.75) is 55.8 Å². The van der Waals surface area contributed by atoms with Crippen molar-refractivity contribution in [3.63, 3.8) is 0 Å². The van der Waals surface area contributed by atoms with Gasteiger partial charge in [0.15, 0.2) is 0 Å². The number of methoxy groups -OCH3 is 1. The molecule has 0 unspecified atom stereocenters. The van der Waals surface area contributed by atoms with E-state index in [0.717, 1.165) is 12.0 Å². The van der Waals surface area contributed by atoms with Crippen molar-refractivity contribution in [3.05, 3.63) is 60.2 Å². The number of benzene rings is 2. The lowest BCUT2D eigenvalue weighted by molar-refractivity contribution is -0.144. The van der Waals surface area contributed by atoms with Crippen LogP contribution in [0.4, 0.5) is 4.79 Å². The number of hydrogen-bond donors (Lipinski definition) is 2. The predicted octanol–water partition coefficient (Wildman–Crippen LogP) is 2.50. The van der Waals surface area contributed by atoms with E-state index in [2.05, 4.69) is 5.32 Å². The standard InChI is InChI=1S/C26H34N2O8S/c1-3-4-15-28(37(32,33)21-12-10-20(34-2)11-13-21)18-23(29)22(17-19-8-6-5-7-9-19)27-26(31)36-24-14-16-35-25(24)30/h5-13,22-24,29H,3-4,14-18H2,1-2H3,(H,27,31)/t22-,23+,24+/m0/s1. The largest absolute Gasteiger partial charge is 0.497 e. The summed E-state index contributed by atoms with van der Waals surface area (Å²) in [5.74, 6) is -0.0949. The van der Waals surface area contributed by atoms with Crippen LogP contribution in [0.2, 0.25) is 0 Å². The fraction of sp³-hybridized carbons (Fsp3) is 0.462. The second kappa shape index (κ2) is 13.4. The van der Waals surface area contributed by atoms with Gasteiger partial charge in [-0.1, -0.05) is 43.7 Å². The van der Waals surface area contributed by atoms with E-state index >= 15 is 0 Å². The number of aliphatic hydroxyl groups excluding tert-OH is 1. The molecule has 2 N–H and O–H groups in total. The fourth-order valence-corrected chi connectivity index (χ4v) is 5.42. The number of nitrogens with one attached hydrogen (secondary N) is 1. The normalized spacial score (nSPS) is 17.2. The molecule has 2 aromatic rings. The number of sulfonamides is 1. The maximum absolute atomic E-state index is 13.5. The molecular formula is C26H34N2O8S. The van der Waals surface area contributed by atoms with Crippen molar-refractivity contribution in [3.8, 4) is 5.75 Å².